The molecule has 0 saturated heterocycles. The van der Waals surface area contributed by atoms with Crippen molar-refractivity contribution in [2.75, 3.05) is 17.3 Å². The smallest absolute Gasteiger partial charge is 0.414 e. The van der Waals surface area contributed by atoms with Crippen LogP contribution < -0.4 is 4.90 Å². The molecular formula is C16H22ClNO3. The number of para-hydroxylation sites is 1. The first-order valence-corrected chi connectivity index (χ1v) is 7.50. The van der Waals surface area contributed by atoms with Crippen molar-refractivity contribution in [2.24, 2.45) is 0 Å². The van der Waals surface area contributed by atoms with Crippen LogP contribution in [0.4, 0.5) is 10.5 Å². The van der Waals surface area contributed by atoms with E-state index in [9.17, 15) is 9.59 Å². The van der Waals surface area contributed by atoms with Gasteiger partial charge in [0.25, 0.3) is 0 Å². The molecule has 1 aromatic rings. The minimum atomic E-state index is -0.559. The average Bonchev–Trinajstić information content (AvgIpc) is 2.42. The largest absolute Gasteiger partial charge is 0.443 e. The third-order valence-corrected chi connectivity index (χ3v) is 2.97. The fraction of sp³-hybridized carbons (Fsp3) is 0.500. The van der Waals surface area contributed by atoms with Crippen LogP contribution in [0.5, 0.6) is 0 Å². The molecule has 0 aliphatic heterocycles. The molecule has 0 fully saturated rings. The Kier molecular flexibility index (Phi) is 6.69. The van der Waals surface area contributed by atoms with E-state index < -0.39 is 11.7 Å². The molecule has 0 heterocycles. The fourth-order valence-corrected chi connectivity index (χ4v) is 1.89. The molecule has 0 bridgehead atoms. The molecule has 1 rings (SSSR count). The highest BCUT2D eigenvalue weighted by Crippen LogP contribution is 2.18. The van der Waals surface area contributed by atoms with Crippen molar-refractivity contribution in [1.82, 2.24) is 0 Å². The van der Waals surface area contributed by atoms with Gasteiger partial charge in [0.05, 0.1) is 5.88 Å². The molecule has 21 heavy (non-hydrogen) atoms. The quantitative estimate of drug-likeness (QED) is 0.746. The maximum absolute atomic E-state index is 12.3. The number of benzene rings is 1. The van der Waals surface area contributed by atoms with E-state index in [0.717, 1.165) is 5.69 Å². The van der Waals surface area contributed by atoms with Gasteiger partial charge in [-0.2, -0.15) is 0 Å². The zero-order chi connectivity index (χ0) is 15.9. The Hall–Kier alpha value is -1.55. The number of ether oxygens (including phenoxy) is 1. The fourth-order valence-electron chi connectivity index (χ4n) is 1.75. The molecule has 0 unspecified atom stereocenters. The molecule has 0 aliphatic carbocycles. The number of Topliss-reactive ketones (excluding diaryl/α,β-unsaturated/α-hetero) is 1. The number of nitrogens with zero attached hydrogens (tertiary/aromatic N) is 1. The van der Waals surface area contributed by atoms with Crippen LogP contribution in [0.1, 0.15) is 33.6 Å². The molecule has 0 spiro atoms. The van der Waals surface area contributed by atoms with Crippen LogP contribution >= 0.6 is 11.6 Å². The topological polar surface area (TPSA) is 46.6 Å². The summed E-state index contributed by atoms with van der Waals surface area (Å²) in [5.41, 5.74) is 0.195. The summed E-state index contributed by atoms with van der Waals surface area (Å²) in [6.07, 6.45) is 0.502. The summed E-state index contributed by atoms with van der Waals surface area (Å²) in [7, 11) is 0. The van der Waals surface area contributed by atoms with Crippen LogP contribution in [-0.2, 0) is 9.53 Å². The van der Waals surface area contributed by atoms with Crippen molar-refractivity contribution in [1.29, 1.82) is 0 Å². The normalized spacial score (nSPS) is 11.0. The highest BCUT2D eigenvalue weighted by Gasteiger charge is 2.23. The van der Waals surface area contributed by atoms with Crippen molar-refractivity contribution in [2.45, 2.75) is 39.2 Å². The summed E-state index contributed by atoms with van der Waals surface area (Å²) in [6.45, 7) is 5.89. The third-order valence-electron chi connectivity index (χ3n) is 2.67. The number of hydrogen-bond donors (Lipinski definition) is 0. The lowest BCUT2D eigenvalue weighted by molar-refractivity contribution is -0.116. The molecule has 0 N–H and O–H groups in total. The number of hydrogen-bond acceptors (Lipinski definition) is 3. The Morgan fingerprint density at radius 2 is 1.81 bits per heavy atom. The van der Waals surface area contributed by atoms with E-state index in [0.29, 0.717) is 19.4 Å². The molecule has 0 aromatic heterocycles. The van der Waals surface area contributed by atoms with Gasteiger partial charge < -0.3 is 4.74 Å². The van der Waals surface area contributed by atoms with Gasteiger partial charge in [-0.1, -0.05) is 18.2 Å². The van der Waals surface area contributed by atoms with Gasteiger partial charge in [-0.15, -0.1) is 11.6 Å². The summed E-state index contributed by atoms with van der Waals surface area (Å²) >= 11 is 5.48. The van der Waals surface area contributed by atoms with Crippen LogP contribution in [0, 0.1) is 0 Å². The number of carbonyl (C=O) groups is 2. The lowest BCUT2D eigenvalue weighted by Crippen LogP contribution is -2.37. The molecule has 116 valence electrons. The molecular weight excluding hydrogens is 290 g/mol. The number of halogens is 1. The van der Waals surface area contributed by atoms with Gasteiger partial charge in [0.15, 0.2) is 0 Å². The molecule has 4 nitrogen and oxygen atoms in total. The van der Waals surface area contributed by atoms with Gasteiger partial charge in [-0.05, 0) is 39.3 Å². The molecule has 5 heteroatoms. The van der Waals surface area contributed by atoms with Crippen LogP contribution in [0.25, 0.3) is 0 Å². The van der Waals surface area contributed by atoms with Crippen molar-refractivity contribution < 1.29 is 14.3 Å². The van der Waals surface area contributed by atoms with Crippen molar-refractivity contribution in [3.05, 3.63) is 30.3 Å². The van der Waals surface area contributed by atoms with Gasteiger partial charge in [0, 0.05) is 18.7 Å². The molecule has 0 radical (unpaired) electrons. The zero-order valence-corrected chi connectivity index (χ0v) is 13.5. The predicted octanol–water partition coefficient (Wildman–Crippen LogP) is 4.02. The number of alkyl halides is 1. The minimum Gasteiger partial charge on any atom is -0.443 e. The Balaban J connectivity index is 2.76. The number of rotatable bonds is 6. The Labute approximate surface area is 131 Å². The second-order valence-corrected chi connectivity index (χ2v) is 6.01. The number of amides is 1. The minimum absolute atomic E-state index is 0.0117. The number of anilines is 1. The lowest BCUT2D eigenvalue weighted by atomic mass is 10.2. The maximum atomic E-state index is 12.3. The summed E-state index contributed by atoms with van der Waals surface area (Å²) in [4.78, 5) is 25.1. The molecule has 0 saturated carbocycles. The van der Waals surface area contributed by atoms with Gasteiger partial charge in [-0.25, -0.2) is 4.79 Å². The van der Waals surface area contributed by atoms with Gasteiger partial charge >= 0.3 is 6.09 Å². The van der Waals surface area contributed by atoms with E-state index in [1.165, 1.54) is 0 Å². The summed E-state index contributed by atoms with van der Waals surface area (Å²) in [6, 6.07) is 9.28. The van der Waals surface area contributed by atoms with Crippen LogP contribution in [0.2, 0.25) is 0 Å². The second-order valence-electron chi connectivity index (χ2n) is 5.74. The first-order valence-electron chi connectivity index (χ1n) is 6.96. The monoisotopic (exact) mass is 311 g/mol. The maximum Gasteiger partial charge on any atom is 0.414 e. The zero-order valence-electron chi connectivity index (χ0n) is 12.8. The SMILES string of the molecule is CC(C)(C)OC(=O)N(CCCC(=O)CCl)c1ccccc1. The summed E-state index contributed by atoms with van der Waals surface area (Å²) in [5, 5.41) is 0. The van der Waals surface area contributed by atoms with Gasteiger partial charge in [0.2, 0.25) is 0 Å². The highest BCUT2D eigenvalue weighted by atomic mass is 35.5. The van der Waals surface area contributed by atoms with Crippen LogP contribution in [-0.4, -0.2) is 29.9 Å². The molecule has 1 aromatic carbocycles. The van der Waals surface area contributed by atoms with Gasteiger partial charge in [0.1, 0.15) is 11.4 Å². The molecule has 0 atom stereocenters. The first kappa shape index (κ1) is 17.5. The number of carbonyl (C=O) groups excluding carboxylic acids is 2. The molecule has 1 amide bonds. The first-order chi connectivity index (χ1) is 9.83. The second kappa shape index (κ2) is 8.03. The highest BCUT2D eigenvalue weighted by molar-refractivity contribution is 6.27. The van der Waals surface area contributed by atoms with Crippen molar-refractivity contribution >= 4 is 29.2 Å². The average molecular weight is 312 g/mol. The Bertz CT molecular complexity index is 468. The summed E-state index contributed by atoms with van der Waals surface area (Å²) < 4.78 is 5.41. The standard InChI is InChI=1S/C16H22ClNO3/c1-16(2,3)21-15(20)18(11-7-10-14(19)12-17)13-8-5-4-6-9-13/h4-6,8-9H,7,10-12H2,1-3H3. The van der Waals surface area contributed by atoms with Crippen molar-refractivity contribution in [3.63, 3.8) is 0 Å². The lowest BCUT2D eigenvalue weighted by Gasteiger charge is -2.27. The van der Waals surface area contributed by atoms with E-state index in [2.05, 4.69) is 0 Å². The van der Waals surface area contributed by atoms with E-state index in [1.807, 2.05) is 51.1 Å². The third kappa shape index (κ3) is 6.63. The molecule has 0 aliphatic rings. The number of ketones is 1. The predicted molar refractivity (Wildman–Crippen MR) is 85.0 cm³/mol. The van der Waals surface area contributed by atoms with E-state index in [1.54, 1.807) is 4.90 Å². The van der Waals surface area contributed by atoms with Gasteiger partial charge in [-0.3, -0.25) is 9.69 Å². The van der Waals surface area contributed by atoms with E-state index >= 15 is 0 Å². The summed E-state index contributed by atoms with van der Waals surface area (Å²) in [5.74, 6) is -0.00789. The van der Waals surface area contributed by atoms with Crippen LogP contribution in [0.15, 0.2) is 30.3 Å². The Morgan fingerprint density at radius 3 is 2.33 bits per heavy atom. The van der Waals surface area contributed by atoms with Crippen LogP contribution in [0.3, 0.4) is 0 Å². The van der Waals surface area contributed by atoms with Crippen molar-refractivity contribution in [3.8, 4) is 0 Å². The van der Waals surface area contributed by atoms with E-state index in [-0.39, 0.29) is 11.7 Å². The van der Waals surface area contributed by atoms with E-state index in [4.69, 9.17) is 16.3 Å². The Morgan fingerprint density at radius 1 is 1.19 bits per heavy atom.